The standard InChI is InChI=1S/C15H26N2S/c1-3-4-9-17(11-15-6-5-8-16-15)13(2)14-7-10-18-12-14/h7,10,12-13,15-16H,3-6,8-9,11H2,1-2H3. The third-order valence-electron chi connectivity index (χ3n) is 3.99. The molecule has 0 amide bonds. The first-order valence-corrected chi connectivity index (χ1v) is 8.25. The molecule has 2 heterocycles. The molecule has 0 bridgehead atoms. The number of nitrogens with one attached hydrogen (secondary N) is 1. The Morgan fingerprint density at radius 2 is 2.44 bits per heavy atom. The third-order valence-corrected chi connectivity index (χ3v) is 4.69. The summed E-state index contributed by atoms with van der Waals surface area (Å²) in [5, 5.41) is 8.11. The molecule has 2 atom stereocenters. The number of unbranched alkanes of at least 4 members (excludes halogenated alkanes) is 1. The highest BCUT2D eigenvalue weighted by atomic mass is 32.1. The highest BCUT2D eigenvalue weighted by Gasteiger charge is 2.22. The van der Waals surface area contributed by atoms with E-state index >= 15 is 0 Å². The van der Waals surface area contributed by atoms with Crippen molar-refractivity contribution in [3.05, 3.63) is 22.4 Å². The zero-order valence-electron chi connectivity index (χ0n) is 11.7. The minimum Gasteiger partial charge on any atom is -0.313 e. The Morgan fingerprint density at radius 3 is 3.06 bits per heavy atom. The molecule has 1 aliphatic heterocycles. The Kier molecular flexibility index (Phi) is 5.67. The maximum absolute atomic E-state index is 3.62. The SMILES string of the molecule is CCCCN(CC1CCCN1)C(C)c1ccsc1. The normalized spacial score (nSPS) is 21.6. The Labute approximate surface area is 115 Å². The lowest BCUT2D eigenvalue weighted by Crippen LogP contribution is -2.39. The van der Waals surface area contributed by atoms with Crippen LogP contribution in [0.25, 0.3) is 0 Å². The highest BCUT2D eigenvalue weighted by Crippen LogP contribution is 2.24. The summed E-state index contributed by atoms with van der Waals surface area (Å²) in [5.41, 5.74) is 1.48. The molecule has 2 rings (SSSR count). The Hall–Kier alpha value is -0.380. The molecule has 0 saturated carbocycles. The molecule has 2 unspecified atom stereocenters. The molecule has 0 radical (unpaired) electrons. The molecule has 1 aliphatic rings. The molecule has 102 valence electrons. The summed E-state index contributed by atoms with van der Waals surface area (Å²) >= 11 is 1.81. The van der Waals surface area contributed by atoms with E-state index in [0.29, 0.717) is 12.1 Å². The van der Waals surface area contributed by atoms with E-state index < -0.39 is 0 Å². The van der Waals surface area contributed by atoms with Crippen molar-refractivity contribution in [2.75, 3.05) is 19.6 Å². The fourth-order valence-electron chi connectivity index (χ4n) is 2.72. The maximum atomic E-state index is 3.62. The summed E-state index contributed by atoms with van der Waals surface area (Å²) < 4.78 is 0. The third kappa shape index (κ3) is 3.81. The van der Waals surface area contributed by atoms with Crippen molar-refractivity contribution in [3.8, 4) is 0 Å². The molecule has 18 heavy (non-hydrogen) atoms. The quantitative estimate of drug-likeness (QED) is 0.810. The van der Waals surface area contributed by atoms with Crippen LogP contribution in [0.5, 0.6) is 0 Å². The van der Waals surface area contributed by atoms with Gasteiger partial charge in [-0.15, -0.1) is 0 Å². The second-order valence-corrected chi connectivity index (χ2v) is 6.15. The fourth-order valence-corrected chi connectivity index (χ4v) is 3.47. The van der Waals surface area contributed by atoms with Gasteiger partial charge in [-0.05, 0) is 61.7 Å². The van der Waals surface area contributed by atoms with Crippen LogP contribution >= 0.6 is 11.3 Å². The van der Waals surface area contributed by atoms with Gasteiger partial charge in [-0.25, -0.2) is 0 Å². The predicted octanol–water partition coefficient (Wildman–Crippen LogP) is 3.66. The Morgan fingerprint density at radius 1 is 1.56 bits per heavy atom. The lowest BCUT2D eigenvalue weighted by atomic mass is 10.1. The molecule has 1 fully saturated rings. The highest BCUT2D eigenvalue weighted by molar-refractivity contribution is 7.07. The molecule has 1 saturated heterocycles. The van der Waals surface area contributed by atoms with Crippen LogP contribution in [0.4, 0.5) is 0 Å². The van der Waals surface area contributed by atoms with Gasteiger partial charge in [0.2, 0.25) is 0 Å². The van der Waals surface area contributed by atoms with Gasteiger partial charge in [-0.1, -0.05) is 13.3 Å². The van der Waals surface area contributed by atoms with Crippen LogP contribution in [0.3, 0.4) is 0 Å². The summed E-state index contributed by atoms with van der Waals surface area (Å²) in [5.74, 6) is 0. The van der Waals surface area contributed by atoms with E-state index in [1.807, 2.05) is 11.3 Å². The largest absolute Gasteiger partial charge is 0.313 e. The average Bonchev–Trinajstić information content (AvgIpc) is 3.06. The number of rotatable bonds is 7. The van der Waals surface area contributed by atoms with Crippen LogP contribution in [-0.4, -0.2) is 30.6 Å². The number of thiophene rings is 1. The van der Waals surface area contributed by atoms with Gasteiger partial charge in [0.15, 0.2) is 0 Å². The van der Waals surface area contributed by atoms with Crippen molar-refractivity contribution in [2.45, 2.75) is 51.6 Å². The van der Waals surface area contributed by atoms with Gasteiger partial charge < -0.3 is 5.32 Å². The van der Waals surface area contributed by atoms with E-state index in [4.69, 9.17) is 0 Å². The lowest BCUT2D eigenvalue weighted by Gasteiger charge is -2.31. The van der Waals surface area contributed by atoms with E-state index in [-0.39, 0.29) is 0 Å². The predicted molar refractivity (Wildman–Crippen MR) is 80.2 cm³/mol. The molecule has 0 aromatic carbocycles. The summed E-state index contributed by atoms with van der Waals surface area (Å²) in [6.45, 7) is 8.27. The summed E-state index contributed by atoms with van der Waals surface area (Å²) in [7, 11) is 0. The van der Waals surface area contributed by atoms with Crippen molar-refractivity contribution >= 4 is 11.3 Å². The number of hydrogen-bond acceptors (Lipinski definition) is 3. The molecular formula is C15H26N2S. The Balaban J connectivity index is 1.94. The first-order chi connectivity index (χ1) is 8.81. The second kappa shape index (κ2) is 7.27. The van der Waals surface area contributed by atoms with Crippen molar-refractivity contribution < 1.29 is 0 Å². The van der Waals surface area contributed by atoms with Crippen LogP contribution in [-0.2, 0) is 0 Å². The van der Waals surface area contributed by atoms with Crippen LogP contribution in [0, 0.1) is 0 Å². The molecule has 1 aromatic heterocycles. The van der Waals surface area contributed by atoms with Crippen LogP contribution in [0.1, 0.15) is 51.1 Å². The van der Waals surface area contributed by atoms with Gasteiger partial charge in [0.05, 0.1) is 0 Å². The minimum absolute atomic E-state index is 0.560. The van der Waals surface area contributed by atoms with E-state index in [9.17, 15) is 0 Å². The van der Waals surface area contributed by atoms with Gasteiger partial charge >= 0.3 is 0 Å². The smallest absolute Gasteiger partial charge is 0.0328 e. The zero-order chi connectivity index (χ0) is 12.8. The van der Waals surface area contributed by atoms with Gasteiger partial charge in [-0.3, -0.25) is 4.90 Å². The number of nitrogens with zero attached hydrogens (tertiary/aromatic N) is 1. The fraction of sp³-hybridized carbons (Fsp3) is 0.733. The minimum atomic E-state index is 0.560. The molecule has 1 N–H and O–H groups in total. The van der Waals surface area contributed by atoms with Crippen LogP contribution < -0.4 is 5.32 Å². The van der Waals surface area contributed by atoms with Gasteiger partial charge in [0.1, 0.15) is 0 Å². The van der Waals surface area contributed by atoms with Gasteiger partial charge in [0, 0.05) is 18.6 Å². The molecule has 1 aromatic rings. The second-order valence-electron chi connectivity index (χ2n) is 5.37. The summed E-state index contributed by atoms with van der Waals surface area (Å²) in [6, 6.07) is 3.55. The van der Waals surface area contributed by atoms with Crippen molar-refractivity contribution in [3.63, 3.8) is 0 Å². The van der Waals surface area contributed by atoms with E-state index in [1.165, 1.54) is 50.9 Å². The molecule has 0 aliphatic carbocycles. The topological polar surface area (TPSA) is 15.3 Å². The van der Waals surface area contributed by atoms with Crippen molar-refractivity contribution in [1.29, 1.82) is 0 Å². The molecule has 2 nitrogen and oxygen atoms in total. The van der Waals surface area contributed by atoms with Crippen LogP contribution in [0.15, 0.2) is 16.8 Å². The molecule has 0 spiro atoms. The lowest BCUT2D eigenvalue weighted by molar-refractivity contribution is 0.189. The van der Waals surface area contributed by atoms with Crippen LogP contribution in [0.2, 0.25) is 0 Å². The first kappa shape index (κ1) is 14.0. The van der Waals surface area contributed by atoms with Gasteiger partial charge in [0.25, 0.3) is 0 Å². The van der Waals surface area contributed by atoms with E-state index in [0.717, 1.165) is 0 Å². The van der Waals surface area contributed by atoms with Crippen molar-refractivity contribution in [2.24, 2.45) is 0 Å². The molecular weight excluding hydrogens is 240 g/mol. The van der Waals surface area contributed by atoms with E-state index in [2.05, 4.69) is 40.9 Å². The number of hydrogen-bond donors (Lipinski definition) is 1. The maximum Gasteiger partial charge on any atom is 0.0328 e. The summed E-state index contributed by atoms with van der Waals surface area (Å²) in [6.07, 6.45) is 5.28. The molecule has 3 heteroatoms. The van der Waals surface area contributed by atoms with Gasteiger partial charge in [-0.2, -0.15) is 11.3 Å². The monoisotopic (exact) mass is 266 g/mol. The Bertz CT molecular complexity index is 317. The summed E-state index contributed by atoms with van der Waals surface area (Å²) in [4.78, 5) is 2.66. The van der Waals surface area contributed by atoms with Crippen molar-refractivity contribution in [1.82, 2.24) is 10.2 Å². The van der Waals surface area contributed by atoms with E-state index in [1.54, 1.807) is 0 Å². The average molecular weight is 266 g/mol. The first-order valence-electron chi connectivity index (χ1n) is 7.30. The zero-order valence-corrected chi connectivity index (χ0v) is 12.5.